The van der Waals surface area contributed by atoms with Crippen molar-refractivity contribution >= 4 is 0 Å². The van der Waals surface area contributed by atoms with Crippen LogP contribution in [0.5, 0.6) is 0 Å². The molecular weight excluding hydrogens is 384 g/mol. The van der Waals surface area contributed by atoms with Crippen LogP contribution in [-0.2, 0) is 0 Å². The maximum Gasteiger partial charge on any atom is -0.0411 e. The van der Waals surface area contributed by atoms with Crippen molar-refractivity contribution in [2.75, 3.05) is 0 Å². The fourth-order valence-electron chi connectivity index (χ4n) is 8.63. The summed E-state index contributed by atoms with van der Waals surface area (Å²) in [6.07, 6.45) is 34.2. The Morgan fingerprint density at radius 2 is 0.688 bits per heavy atom. The SMILES string of the molecule is CCCCC1CCC(CC2CCC(CC3CCC(CC4CCC(C)CC4)CC3)CC2)CC1. The highest BCUT2D eigenvalue weighted by Crippen LogP contribution is 2.44. The minimum Gasteiger partial charge on any atom is -0.0654 e. The zero-order valence-corrected chi connectivity index (χ0v) is 22.2. The van der Waals surface area contributed by atoms with E-state index in [1.165, 1.54) is 32.1 Å². The van der Waals surface area contributed by atoms with Crippen molar-refractivity contribution < 1.29 is 0 Å². The van der Waals surface area contributed by atoms with Crippen LogP contribution < -0.4 is 0 Å². The molecule has 0 saturated heterocycles. The predicted molar refractivity (Wildman–Crippen MR) is 141 cm³/mol. The smallest absolute Gasteiger partial charge is 0.0411 e. The molecule has 4 aliphatic rings. The molecule has 4 saturated carbocycles. The number of hydrogen-bond acceptors (Lipinski definition) is 0. The first-order valence-corrected chi connectivity index (χ1v) is 15.7. The van der Waals surface area contributed by atoms with Gasteiger partial charge < -0.3 is 0 Å². The Hall–Kier alpha value is 0. The molecule has 0 heteroatoms. The summed E-state index contributed by atoms with van der Waals surface area (Å²) in [6, 6.07) is 0. The second kappa shape index (κ2) is 13.2. The average molecular weight is 443 g/mol. The lowest BCUT2D eigenvalue weighted by Crippen LogP contribution is -2.24. The van der Waals surface area contributed by atoms with Crippen molar-refractivity contribution in [3.05, 3.63) is 0 Å². The summed E-state index contributed by atoms with van der Waals surface area (Å²) in [7, 11) is 0. The van der Waals surface area contributed by atoms with Gasteiger partial charge in [0.1, 0.15) is 0 Å². The van der Waals surface area contributed by atoms with Crippen molar-refractivity contribution in [2.45, 2.75) is 155 Å². The van der Waals surface area contributed by atoms with Gasteiger partial charge in [-0.15, -0.1) is 0 Å². The largest absolute Gasteiger partial charge is 0.0654 e. The Morgan fingerprint density at radius 1 is 0.406 bits per heavy atom. The standard InChI is InChI=1S/C32H58/c1-3-4-5-26-10-12-28(13-11-26)23-30-18-20-32(21-19-30)24-31-16-14-29(15-17-31)22-27-8-6-25(2)7-9-27/h25-32H,3-24H2,1-2H3. The first-order valence-electron chi connectivity index (χ1n) is 15.7. The van der Waals surface area contributed by atoms with Crippen molar-refractivity contribution in [1.82, 2.24) is 0 Å². The Morgan fingerprint density at radius 3 is 1.00 bits per heavy atom. The first kappa shape index (κ1) is 25.1. The summed E-state index contributed by atoms with van der Waals surface area (Å²) in [5, 5.41) is 0. The summed E-state index contributed by atoms with van der Waals surface area (Å²) in [5.74, 6) is 8.67. The average Bonchev–Trinajstić information content (AvgIpc) is 2.83. The molecule has 0 heterocycles. The van der Waals surface area contributed by atoms with Gasteiger partial charge in [-0.25, -0.2) is 0 Å². The van der Waals surface area contributed by atoms with Crippen molar-refractivity contribution in [3.8, 4) is 0 Å². The van der Waals surface area contributed by atoms with Gasteiger partial charge in [0, 0.05) is 0 Å². The van der Waals surface area contributed by atoms with Crippen molar-refractivity contribution in [2.24, 2.45) is 47.3 Å². The van der Waals surface area contributed by atoms with E-state index in [-0.39, 0.29) is 0 Å². The number of unbranched alkanes of at least 4 members (excludes halogenated alkanes) is 1. The van der Waals surface area contributed by atoms with Crippen LogP contribution in [0.25, 0.3) is 0 Å². The summed E-state index contributed by atoms with van der Waals surface area (Å²) in [6.45, 7) is 4.82. The summed E-state index contributed by atoms with van der Waals surface area (Å²) in [5.41, 5.74) is 0. The second-order valence-electron chi connectivity index (χ2n) is 13.6. The van der Waals surface area contributed by atoms with E-state index < -0.39 is 0 Å². The molecule has 4 aliphatic carbocycles. The van der Waals surface area contributed by atoms with E-state index in [0.29, 0.717) is 0 Å². The molecule has 32 heavy (non-hydrogen) atoms. The van der Waals surface area contributed by atoms with Gasteiger partial charge in [0.15, 0.2) is 0 Å². The third-order valence-electron chi connectivity index (χ3n) is 11.0. The quantitative estimate of drug-likeness (QED) is 0.333. The molecule has 0 N–H and O–H groups in total. The minimum atomic E-state index is 1.02. The predicted octanol–water partition coefficient (Wildman–Crippen LogP) is 10.6. The molecule has 0 nitrogen and oxygen atoms in total. The zero-order valence-electron chi connectivity index (χ0n) is 22.2. The fourth-order valence-corrected chi connectivity index (χ4v) is 8.63. The summed E-state index contributed by atoms with van der Waals surface area (Å²) >= 11 is 0. The molecule has 186 valence electrons. The Labute approximate surface area is 202 Å². The van der Waals surface area contributed by atoms with Gasteiger partial charge in [0.2, 0.25) is 0 Å². The molecule has 0 unspecified atom stereocenters. The third kappa shape index (κ3) is 8.05. The van der Waals surface area contributed by atoms with Crippen molar-refractivity contribution in [3.63, 3.8) is 0 Å². The van der Waals surface area contributed by atoms with Gasteiger partial charge in [0.05, 0.1) is 0 Å². The first-order chi connectivity index (χ1) is 15.7. The van der Waals surface area contributed by atoms with Gasteiger partial charge in [-0.3, -0.25) is 0 Å². The lowest BCUT2D eigenvalue weighted by molar-refractivity contribution is 0.152. The molecule has 4 rings (SSSR count). The molecule has 0 aromatic carbocycles. The highest BCUT2D eigenvalue weighted by molar-refractivity contribution is 4.82. The Balaban J connectivity index is 1.05. The molecule has 0 aromatic heterocycles. The van der Waals surface area contributed by atoms with Gasteiger partial charge in [-0.1, -0.05) is 136 Å². The Kier molecular flexibility index (Phi) is 10.3. The molecule has 0 spiro atoms. The van der Waals surface area contributed by atoms with Crippen LogP contribution >= 0.6 is 0 Å². The van der Waals surface area contributed by atoms with E-state index >= 15 is 0 Å². The zero-order chi connectivity index (χ0) is 22.2. The molecule has 0 bridgehead atoms. The van der Waals surface area contributed by atoms with Crippen LogP contribution in [0.1, 0.15) is 155 Å². The molecule has 0 aliphatic heterocycles. The van der Waals surface area contributed by atoms with Gasteiger partial charge >= 0.3 is 0 Å². The maximum atomic E-state index is 2.47. The van der Waals surface area contributed by atoms with E-state index in [2.05, 4.69) is 13.8 Å². The lowest BCUT2D eigenvalue weighted by atomic mass is 9.69. The monoisotopic (exact) mass is 442 g/mol. The molecule has 0 radical (unpaired) electrons. The fraction of sp³-hybridized carbons (Fsp3) is 1.00. The van der Waals surface area contributed by atoms with Crippen LogP contribution in [0, 0.1) is 47.3 Å². The minimum absolute atomic E-state index is 1.02. The van der Waals surface area contributed by atoms with Crippen LogP contribution in [0.15, 0.2) is 0 Å². The van der Waals surface area contributed by atoms with Crippen molar-refractivity contribution in [1.29, 1.82) is 0 Å². The van der Waals surface area contributed by atoms with E-state index in [4.69, 9.17) is 0 Å². The maximum absolute atomic E-state index is 2.47. The van der Waals surface area contributed by atoms with Crippen LogP contribution in [0.3, 0.4) is 0 Å². The Bertz CT molecular complexity index is 476. The van der Waals surface area contributed by atoms with Gasteiger partial charge in [0.25, 0.3) is 0 Å². The topological polar surface area (TPSA) is 0 Å². The highest BCUT2D eigenvalue weighted by atomic mass is 14.4. The third-order valence-corrected chi connectivity index (χ3v) is 11.0. The second-order valence-corrected chi connectivity index (χ2v) is 13.6. The highest BCUT2D eigenvalue weighted by Gasteiger charge is 2.30. The van der Waals surface area contributed by atoms with Crippen LogP contribution in [-0.4, -0.2) is 0 Å². The van der Waals surface area contributed by atoms with Gasteiger partial charge in [-0.05, 0) is 66.6 Å². The summed E-state index contributed by atoms with van der Waals surface area (Å²) in [4.78, 5) is 0. The van der Waals surface area contributed by atoms with E-state index in [0.717, 1.165) is 47.3 Å². The van der Waals surface area contributed by atoms with Crippen LogP contribution in [0.2, 0.25) is 0 Å². The van der Waals surface area contributed by atoms with Crippen LogP contribution in [0.4, 0.5) is 0 Å². The number of hydrogen-bond donors (Lipinski definition) is 0. The molecule has 0 aromatic rings. The van der Waals surface area contributed by atoms with E-state index in [1.54, 1.807) is 109 Å². The number of rotatable bonds is 9. The summed E-state index contributed by atoms with van der Waals surface area (Å²) < 4.78 is 0. The van der Waals surface area contributed by atoms with Gasteiger partial charge in [-0.2, -0.15) is 0 Å². The molecule has 0 amide bonds. The molecule has 4 fully saturated rings. The molecule has 0 atom stereocenters. The lowest BCUT2D eigenvalue weighted by Gasteiger charge is -2.37. The van der Waals surface area contributed by atoms with E-state index in [9.17, 15) is 0 Å². The van der Waals surface area contributed by atoms with E-state index in [1.807, 2.05) is 0 Å². The normalized spacial score (nSPS) is 41.4. The molecular formula is C32H58.